The Morgan fingerprint density at radius 2 is 1.81 bits per heavy atom. The van der Waals surface area contributed by atoms with Gasteiger partial charge in [0.1, 0.15) is 24.7 Å². The Kier molecular flexibility index (Phi) is 6.79. The molecule has 6 nitrogen and oxygen atoms in total. The van der Waals surface area contributed by atoms with Crippen LogP contribution in [0, 0.1) is 12.7 Å². The summed E-state index contributed by atoms with van der Waals surface area (Å²) in [5.41, 5.74) is 1.20. The number of sulfonamides is 1. The van der Waals surface area contributed by atoms with Crippen LogP contribution < -0.4 is 14.4 Å². The number of nitrogens with zero attached hydrogens (tertiary/aromatic N) is 1. The summed E-state index contributed by atoms with van der Waals surface area (Å²) in [5.74, 6) is -0.244. The number of carbonyl (C=O) groups excluding carboxylic acids is 1. The summed E-state index contributed by atoms with van der Waals surface area (Å²) in [4.78, 5) is 12.3. The van der Waals surface area contributed by atoms with E-state index in [4.69, 9.17) is 4.74 Å². The van der Waals surface area contributed by atoms with Crippen molar-refractivity contribution in [3.63, 3.8) is 0 Å². The topological polar surface area (TPSA) is 75.7 Å². The minimum atomic E-state index is -3.70. The first-order valence-corrected chi connectivity index (χ1v) is 10.2. The van der Waals surface area contributed by atoms with Gasteiger partial charge in [0, 0.05) is 0 Å². The fraction of sp³-hybridized carbons (Fsp3) is 0.316. The van der Waals surface area contributed by atoms with E-state index in [1.165, 1.54) is 12.1 Å². The molecule has 8 heteroatoms. The van der Waals surface area contributed by atoms with Crippen LogP contribution in [0.5, 0.6) is 5.75 Å². The lowest BCUT2D eigenvalue weighted by Gasteiger charge is -2.23. The number of benzene rings is 2. The minimum absolute atomic E-state index is 0.220. The predicted molar refractivity (Wildman–Crippen MR) is 103 cm³/mol. The lowest BCUT2D eigenvalue weighted by Crippen LogP contribution is -2.44. The van der Waals surface area contributed by atoms with E-state index in [0.717, 1.165) is 34.0 Å². The molecule has 0 bridgehead atoms. The molecule has 2 rings (SSSR count). The number of carbonyl (C=O) groups is 1. The number of ether oxygens (including phenoxy) is 1. The van der Waals surface area contributed by atoms with Crippen molar-refractivity contribution in [1.82, 2.24) is 5.32 Å². The molecule has 0 aliphatic rings. The van der Waals surface area contributed by atoms with Gasteiger partial charge in [-0.25, -0.2) is 12.8 Å². The number of halogens is 1. The Bertz CT molecular complexity index is 885. The van der Waals surface area contributed by atoms with E-state index in [2.05, 4.69) is 5.32 Å². The summed E-state index contributed by atoms with van der Waals surface area (Å²) in [6.45, 7) is 3.52. The van der Waals surface area contributed by atoms with Crippen molar-refractivity contribution >= 4 is 21.6 Å². The Hall–Kier alpha value is -2.61. The van der Waals surface area contributed by atoms with E-state index >= 15 is 0 Å². The quantitative estimate of drug-likeness (QED) is 0.746. The largest absolute Gasteiger partial charge is 0.491 e. The molecule has 0 radical (unpaired) electrons. The van der Waals surface area contributed by atoms with Gasteiger partial charge >= 0.3 is 0 Å². The molecule has 27 heavy (non-hydrogen) atoms. The number of anilines is 1. The van der Waals surface area contributed by atoms with Crippen LogP contribution in [0.2, 0.25) is 0 Å². The summed E-state index contributed by atoms with van der Waals surface area (Å²) < 4.78 is 43.7. The van der Waals surface area contributed by atoms with Crippen LogP contribution in [0.25, 0.3) is 0 Å². The average molecular weight is 394 g/mol. The minimum Gasteiger partial charge on any atom is -0.491 e. The predicted octanol–water partition coefficient (Wildman–Crippen LogP) is 2.48. The molecule has 2 aromatic rings. The van der Waals surface area contributed by atoms with Gasteiger partial charge in [0.15, 0.2) is 0 Å². The third kappa shape index (κ3) is 6.25. The number of hydrogen-bond acceptors (Lipinski definition) is 4. The van der Waals surface area contributed by atoms with Crippen LogP contribution in [0.15, 0.2) is 48.5 Å². The molecule has 1 amide bonds. The van der Waals surface area contributed by atoms with E-state index in [9.17, 15) is 17.6 Å². The van der Waals surface area contributed by atoms with Gasteiger partial charge < -0.3 is 10.1 Å². The standard InChI is InChI=1S/C19H23FN2O4S/c1-14-6-4-5-7-18(14)26-13-15(2)21-19(23)12-22(27(3,24)25)17-10-8-16(20)9-11-17/h4-11,15H,12-13H2,1-3H3,(H,21,23)/t15-/m0/s1. The maximum absolute atomic E-state index is 13.1. The second kappa shape index (κ2) is 8.85. The molecule has 146 valence electrons. The molecular weight excluding hydrogens is 371 g/mol. The maximum atomic E-state index is 13.1. The van der Waals surface area contributed by atoms with Gasteiger partial charge in [-0.05, 0) is 49.7 Å². The lowest BCUT2D eigenvalue weighted by atomic mass is 10.2. The third-order valence-electron chi connectivity index (χ3n) is 3.79. The molecular formula is C19H23FN2O4S. The number of amides is 1. The van der Waals surface area contributed by atoms with Gasteiger partial charge in [0.05, 0.1) is 18.0 Å². The van der Waals surface area contributed by atoms with Crippen LogP contribution in [0.1, 0.15) is 12.5 Å². The first-order chi connectivity index (χ1) is 12.7. The SMILES string of the molecule is Cc1ccccc1OC[C@H](C)NC(=O)CN(c1ccc(F)cc1)S(C)(=O)=O. The van der Waals surface area contributed by atoms with E-state index in [0.29, 0.717) is 0 Å². The van der Waals surface area contributed by atoms with Gasteiger partial charge in [-0.2, -0.15) is 0 Å². The summed E-state index contributed by atoms with van der Waals surface area (Å²) in [7, 11) is -3.70. The van der Waals surface area contributed by atoms with Crippen LogP contribution in [0.3, 0.4) is 0 Å². The van der Waals surface area contributed by atoms with E-state index in [1.54, 1.807) is 6.92 Å². The third-order valence-corrected chi connectivity index (χ3v) is 4.93. The van der Waals surface area contributed by atoms with Crippen molar-refractivity contribution in [2.75, 3.05) is 23.7 Å². The molecule has 1 N–H and O–H groups in total. The highest BCUT2D eigenvalue weighted by Crippen LogP contribution is 2.18. The highest BCUT2D eigenvalue weighted by molar-refractivity contribution is 7.92. The molecule has 0 fully saturated rings. The normalized spacial score (nSPS) is 12.3. The smallest absolute Gasteiger partial charge is 0.241 e. The Morgan fingerprint density at radius 1 is 1.19 bits per heavy atom. The zero-order valence-corrected chi connectivity index (χ0v) is 16.3. The zero-order chi connectivity index (χ0) is 20.0. The number of rotatable bonds is 8. The van der Waals surface area contributed by atoms with Gasteiger partial charge in [-0.1, -0.05) is 18.2 Å². The van der Waals surface area contributed by atoms with E-state index in [-0.39, 0.29) is 18.3 Å². The van der Waals surface area contributed by atoms with Gasteiger partial charge in [0.25, 0.3) is 0 Å². The van der Waals surface area contributed by atoms with E-state index in [1.807, 2.05) is 31.2 Å². The number of para-hydroxylation sites is 1. The van der Waals surface area contributed by atoms with Gasteiger partial charge in [0.2, 0.25) is 15.9 Å². The highest BCUT2D eigenvalue weighted by Gasteiger charge is 2.21. The van der Waals surface area contributed by atoms with Crippen molar-refractivity contribution in [2.24, 2.45) is 0 Å². The highest BCUT2D eigenvalue weighted by atomic mass is 32.2. The van der Waals surface area contributed by atoms with Gasteiger partial charge in [-0.15, -0.1) is 0 Å². The Labute approximate surface area is 159 Å². The van der Waals surface area contributed by atoms with Crippen molar-refractivity contribution in [3.05, 3.63) is 59.9 Å². The average Bonchev–Trinajstić information content (AvgIpc) is 2.59. The summed E-state index contributed by atoms with van der Waals surface area (Å²) in [6.07, 6.45) is 0.994. The lowest BCUT2D eigenvalue weighted by molar-refractivity contribution is -0.120. The maximum Gasteiger partial charge on any atom is 0.241 e. The fourth-order valence-corrected chi connectivity index (χ4v) is 3.29. The van der Waals surface area contributed by atoms with Crippen LogP contribution >= 0.6 is 0 Å². The monoisotopic (exact) mass is 394 g/mol. The summed E-state index contributed by atoms with van der Waals surface area (Å²) in [5, 5.41) is 2.71. The fourth-order valence-electron chi connectivity index (χ4n) is 2.43. The molecule has 0 spiro atoms. The molecule has 0 heterocycles. The van der Waals surface area contributed by atoms with Gasteiger partial charge in [-0.3, -0.25) is 9.10 Å². The number of hydrogen-bond donors (Lipinski definition) is 1. The summed E-state index contributed by atoms with van der Waals surface area (Å²) in [6, 6.07) is 12.1. The van der Waals surface area contributed by atoms with Crippen molar-refractivity contribution in [2.45, 2.75) is 19.9 Å². The second-order valence-corrected chi connectivity index (χ2v) is 8.20. The summed E-state index contributed by atoms with van der Waals surface area (Å²) >= 11 is 0. The van der Waals surface area contributed by atoms with Crippen LogP contribution in [0.4, 0.5) is 10.1 Å². The first kappa shape index (κ1) is 20.7. The zero-order valence-electron chi connectivity index (χ0n) is 15.5. The molecule has 0 aromatic heterocycles. The van der Waals surface area contributed by atoms with E-state index < -0.39 is 28.3 Å². The number of aryl methyl sites for hydroxylation is 1. The molecule has 1 atom stereocenters. The number of nitrogens with one attached hydrogen (secondary N) is 1. The van der Waals surface area contributed by atoms with Crippen molar-refractivity contribution < 1.29 is 22.3 Å². The molecule has 0 unspecified atom stereocenters. The molecule has 0 saturated carbocycles. The molecule has 2 aromatic carbocycles. The molecule has 0 aliphatic carbocycles. The second-order valence-electron chi connectivity index (χ2n) is 6.29. The van der Waals surface area contributed by atoms with Crippen LogP contribution in [-0.4, -0.2) is 39.8 Å². The van der Waals surface area contributed by atoms with Crippen molar-refractivity contribution in [3.8, 4) is 5.75 Å². The van der Waals surface area contributed by atoms with Crippen LogP contribution in [-0.2, 0) is 14.8 Å². The molecule has 0 saturated heterocycles. The van der Waals surface area contributed by atoms with Crippen molar-refractivity contribution in [1.29, 1.82) is 0 Å². The first-order valence-electron chi connectivity index (χ1n) is 8.38. The Morgan fingerprint density at radius 3 is 2.41 bits per heavy atom. The Balaban J connectivity index is 1.97. The molecule has 0 aliphatic heterocycles.